The summed E-state index contributed by atoms with van der Waals surface area (Å²) in [6.07, 6.45) is 0.818. The van der Waals surface area contributed by atoms with Gasteiger partial charge in [-0.15, -0.1) is 11.3 Å². The van der Waals surface area contributed by atoms with Gasteiger partial charge in [-0.05, 0) is 145 Å². The Balaban J connectivity index is 0.803. The van der Waals surface area contributed by atoms with Gasteiger partial charge >= 0.3 is 0 Å². The highest BCUT2D eigenvalue weighted by atomic mass is 32.1. The number of rotatable bonds is 6. The molecule has 0 amide bonds. The van der Waals surface area contributed by atoms with Crippen LogP contribution in [0.25, 0.3) is 120 Å². The van der Waals surface area contributed by atoms with Gasteiger partial charge in [-0.1, -0.05) is 171 Å². The highest BCUT2D eigenvalue weighted by Gasteiger charge is 2.32. The van der Waals surface area contributed by atoms with E-state index in [1.54, 1.807) is 0 Å². The van der Waals surface area contributed by atoms with E-state index >= 15 is 0 Å². The highest BCUT2D eigenvalue weighted by molar-refractivity contribution is 7.25. The van der Waals surface area contributed by atoms with Crippen LogP contribution in [0.15, 0.2) is 235 Å². The molecule has 4 heteroatoms. The van der Waals surface area contributed by atoms with Gasteiger partial charge in [0, 0.05) is 60.0 Å². The largest absolute Gasteiger partial charge is 0.493 e. The van der Waals surface area contributed by atoms with Crippen molar-refractivity contribution in [2.24, 2.45) is 0 Å². The molecule has 0 bridgehead atoms. The van der Waals surface area contributed by atoms with E-state index in [1.165, 1.54) is 81.4 Å². The van der Waals surface area contributed by atoms with E-state index in [-0.39, 0.29) is 0 Å². The van der Waals surface area contributed by atoms with Crippen LogP contribution in [-0.4, -0.2) is 11.6 Å². The lowest BCUT2D eigenvalue weighted by atomic mass is 9.69. The van der Waals surface area contributed by atoms with Crippen LogP contribution in [0.2, 0.25) is 0 Å². The van der Waals surface area contributed by atoms with Crippen LogP contribution in [0.4, 0.5) is 0 Å². The molecule has 0 N–H and O–H groups in total. The van der Waals surface area contributed by atoms with E-state index in [1.807, 2.05) is 23.5 Å². The van der Waals surface area contributed by atoms with Crippen LogP contribution in [0.1, 0.15) is 41.0 Å². The predicted octanol–water partition coefficient (Wildman–Crippen LogP) is 19.2. The molecular formula is C70H47NO2S. The maximum Gasteiger partial charge on any atom is 0.136 e. The van der Waals surface area contributed by atoms with Crippen LogP contribution >= 0.6 is 11.3 Å². The molecule has 3 nitrogen and oxygen atoms in total. The first-order valence-electron chi connectivity index (χ1n) is 25.7. The number of fused-ring (bicyclic) bond motifs is 12. The number of hydrogen-bond acceptors (Lipinski definition) is 4. The Kier molecular flexibility index (Phi) is 9.93. The Hall–Kier alpha value is -8.83. The molecule has 74 heavy (non-hydrogen) atoms. The van der Waals surface area contributed by atoms with E-state index in [4.69, 9.17) is 14.1 Å². The number of pyridine rings is 1. The second kappa shape index (κ2) is 17.2. The maximum atomic E-state index is 6.62. The number of aromatic nitrogens is 1. The van der Waals surface area contributed by atoms with Gasteiger partial charge in [0.15, 0.2) is 0 Å². The van der Waals surface area contributed by atoms with Crippen LogP contribution in [0.3, 0.4) is 0 Å². The fourth-order valence-corrected chi connectivity index (χ4v) is 13.3. The normalized spacial score (nSPS) is 14.8. The number of hydrogen-bond donors (Lipinski definition) is 0. The van der Waals surface area contributed by atoms with Gasteiger partial charge in [-0.25, -0.2) is 4.98 Å². The van der Waals surface area contributed by atoms with Crippen molar-refractivity contribution in [2.75, 3.05) is 6.61 Å². The number of furan rings is 1. The average Bonchev–Trinajstić information content (AvgIpc) is 3.96. The fraction of sp³-hybridized carbons (Fsp3) is 0.0714. The third-order valence-electron chi connectivity index (χ3n) is 15.8. The third-order valence-corrected chi connectivity index (χ3v) is 17.0. The molecule has 0 spiro atoms. The monoisotopic (exact) mass is 965 g/mol. The first kappa shape index (κ1) is 42.8. The van der Waals surface area contributed by atoms with Crippen LogP contribution in [0, 0.1) is 0 Å². The molecule has 3 aromatic heterocycles. The standard InChI is InChI=1S/C70H47NO2S/c1-42-52-29-25-47(36-60(52)54-17-8-9-19-58(54)69(42)45-15-6-3-7-16-45)49-26-31-57-61-37-48(28-32-67(61)74-68(57)41-49)46-24-23-43-33-34-72-65-22-12-20-53(70(65)59(43)35-46)51-38-62(44-13-4-2-5-14-44)71-63(39-51)50-27-30-56-55-18-10-11-21-64(55)73-66(56)40-50/h2-32,35-42,69H,33-34H2,1H3. The van der Waals surface area contributed by atoms with Gasteiger partial charge in [0.05, 0.1) is 18.0 Å². The van der Waals surface area contributed by atoms with Crippen LogP contribution in [-0.2, 0) is 6.42 Å². The Morgan fingerprint density at radius 2 is 1.09 bits per heavy atom. The van der Waals surface area contributed by atoms with E-state index < -0.39 is 0 Å². The fourth-order valence-electron chi connectivity index (χ4n) is 12.2. The SMILES string of the molecule is CC1c2ccc(-c3ccc4c(c3)sc3ccc(-c5ccc6c(c5)-c5c(cccc5-c5cc(-c7ccccc7)nc(-c7ccc8c(c7)oc7ccccc78)c5)OCC6)cc34)cc2-c2ccccc2C1c1ccccc1. The second-order valence-corrected chi connectivity index (χ2v) is 21.1. The minimum absolute atomic E-state index is 0.325. The Labute approximate surface area is 433 Å². The number of nitrogens with zero attached hydrogens (tertiary/aromatic N) is 1. The second-order valence-electron chi connectivity index (χ2n) is 20.0. The summed E-state index contributed by atoms with van der Waals surface area (Å²) in [5, 5.41) is 4.79. The molecular weight excluding hydrogens is 919 g/mol. The summed E-state index contributed by atoms with van der Waals surface area (Å²) in [6.45, 7) is 3.00. The summed E-state index contributed by atoms with van der Waals surface area (Å²) < 4.78 is 15.6. The lowest BCUT2D eigenvalue weighted by Crippen LogP contribution is -2.16. The van der Waals surface area contributed by atoms with Crippen molar-refractivity contribution in [1.29, 1.82) is 0 Å². The number of thiophene rings is 1. The molecule has 4 heterocycles. The molecule has 2 aliphatic rings. The van der Waals surface area contributed by atoms with E-state index in [2.05, 4.69) is 225 Å². The van der Waals surface area contributed by atoms with Crippen LogP contribution < -0.4 is 4.74 Å². The summed E-state index contributed by atoms with van der Waals surface area (Å²) in [5.74, 6) is 1.58. The van der Waals surface area contributed by atoms with Crippen molar-refractivity contribution in [3.05, 3.63) is 253 Å². The molecule has 1 aliphatic heterocycles. The highest BCUT2D eigenvalue weighted by Crippen LogP contribution is 2.51. The molecule has 1 aliphatic carbocycles. The molecule has 2 atom stereocenters. The van der Waals surface area contributed by atoms with E-state index in [9.17, 15) is 0 Å². The Bertz CT molecular complexity index is 4370. The zero-order valence-corrected chi connectivity index (χ0v) is 41.5. The molecule has 15 rings (SSSR count). The van der Waals surface area contributed by atoms with Gasteiger partial charge < -0.3 is 9.15 Å². The summed E-state index contributed by atoms with van der Waals surface area (Å²) in [5.41, 5.74) is 23.1. The van der Waals surface area contributed by atoms with Crippen LogP contribution in [0.5, 0.6) is 5.75 Å². The number of benzene rings is 10. The summed E-state index contributed by atoms with van der Waals surface area (Å²) >= 11 is 1.88. The molecule has 0 saturated carbocycles. The zero-order valence-electron chi connectivity index (χ0n) is 40.7. The van der Waals surface area contributed by atoms with Crippen molar-refractivity contribution in [3.8, 4) is 83.9 Å². The van der Waals surface area contributed by atoms with Gasteiger partial charge in [-0.2, -0.15) is 0 Å². The number of para-hydroxylation sites is 1. The van der Waals surface area contributed by atoms with Gasteiger partial charge in [0.1, 0.15) is 16.9 Å². The van der Waals surface area contributed by atoms with Crippen molar-refractivity contribution in [2.45, 2.75) is 25.2 Å². The first-order valence-corrected chi connectivity index (χ1v) is 26.5. The smallest absolute Gasteiger partial charge is 0.136 e. The van der Waals surface area contributed by atoms with Crippen molar-refractivity contribution >= 4 is 53.4 Å². The van der Waals surface area contributed by atoms with Gasteiger partial charge in [0.25, 0.3) is 0 Å². The topological polar surface area (TPSA) is 35.3 Å². The first-order chi connectivity index (χ1) is 36.6. The van der Waals surface area contributed by atoms with Crippen molar-refractivity contribution in [3.63, 3.8) is 0 Å². The molecule has 350 valence electrons. The average molecular weight is 966 g/mol. The molecule has 2 unspecified atom stereocenters. The predicted molar refractivity (Wildman–Crippen MR) is 308 cm³/mol. The maximum absolute atomic E-state index is 6.62. The summed E-state index contributed by atoms with van der Waals surface area (Å²) in [4.78, 5) is 5.32. The van der Waals surface area contributed by atoms with Crippen molar-refractivity contribution < 1.29 is 9.15 Å². The summed E-state index contributed by atoms with van der Waals surface area (Å²) in [7, 11) is 0. The number of ether oxygens (including phenoxy) is 1. The quantitative estimate of drug-likeness (QED) is 0.167. The molecule has 0 radical (unpaired) electrons. The Morgan fingerprint density at radius 3 is 1.99 bits per heavy atom. The van der Waals surface area contributed by atoms with Crippen molar-refractivity contribution in [1.82, 2.24) is 4.98 Å². The summed E-state index contributed by atoms with van der Waals surface area (Å²) in [6, 6.07) is 84.4. The lowest BCUT2D eigenvalue weighted by molar-refractivity contribution is 0.326. The third kappa shape index (κ3) is 7.04. The van der Waals surface area contributed by atoms with E-state index in [0.717, 1.165) is 73.3 Å². The molecule has 0 fully saturated rings. The Morgan fingerprint density at radius 1 is 0.419 bits per heavy atom. The molecule has 10 aromatic carbocycles. The minimum Gasteiger partial charge on any atom is -0.493 e. The molecule has 13 aromatic rings. The van der Waals surface area contributed by atoms with E-state index in [0.29, 0.717) is 18.4 Å². The van der Waals surface area contributed by atoms with Gasteiger partial charge in [0.2, 0.25) is 0 Å². The zero-order chi connectivity index (χ0) is 48.9. The van der Waals surface area contributed by atoms with Gasteiger partial charge in [-0.3, -0.25) is 0 Å². The minimum atomic E-state index is 0.325. The molecule has 0 saturated heterocycles. The lowest BCUT2D eigenvalue weighted by Gasteiger charge is -2.34.